The Kier molecular flexibility index (Phi) is 15.9. The van der Waals surface area contributed by atoms with Gasteiger partial charge in [0, 0.05) is 30.8 Å². The summed E-state index contributed by atoms with van der Waals surface area (Å²) in [7, 11) is 0. The van der Waals surface area contributed by atoms with E-state index in [-0.39, 0.29) is 37.3 Å². The van der Waals surface area contributed by atoms with E-state index < -0.39 is 23.3 Å². The highest BCUT2D eigenvalue weighted by molar-refractivity contribution is 5.97. The Morgan fingerprint density at radius 3 is 2.59 bits per heavy atom. The quantitative estimate of drug-likeness (QED) is 0.0642. The van der Waals surface area contributed by atoms with Gasteiger partial charge in [0.2, 0.25) is 0 Å². The maximum absolute atomic E-state index is 13.9. The average Bonchev–Trinajstić information content (AvgIpc) is 3.52. The minimum Gasteiger partial charge on any atom is -0.396 e. The van der Waals surface area contributed by atoms with Gasteiger partial charge in [-0.1, -0.05) is 114 Å². The molecule has 1 spiro atoms. The third-order valence-electron chi connectivity index (χ3n) is 12.7. The molecule has 2 saturated carbocycles. The second-order valence-electron chi connectivity index (χ2n) is 16.4. The van der Waals surface area contributed by atoms with Crippen molar-refractivity contribution in [2.24, 2.45) is 28.7 Å². The van der Waals surface area contributed by atoms with Crippen LogP contribution in [0.15, 0.2) is 113 Å². The van der Waals surface area contributed by atoms with E-state index in [1.807, 2.05) is 56.3 Å². The van der Waals surface area contributed by atoms with Crippen molar-refractivity contribution in [2.45, 2.75) is 115 Å². The standard InChI is InChI=1S/C49H64N2O5/c1-35-14-9-19-38(21-11-20-37-16-5-4-6-17-37)18-7-8-31-56-34-41(24-10-15-35)43-27-29-49(46(43)54)44(25-13-30-52)42(26-28-48(49,3)55)36(2)45(53)33-39-22-12-23-40(32-39)47(50)51/h4-6,10,12,15-17,19,22-24,32,43-44,46-47,52,54-55H,1,9,11,13-14,18,20-21,25-31,33-34,50-51H2,2-3H3/b15-10+,38-19+,41-24+,42-36+/t43-,44-,46-,48-,49-/m1/s1. The van der Waals surface area contributed by atoms with Crippen molar-refractivity contribution in [3.05, 3.63) is 130 Å². The monoisotopic (exact) mass is 760 g/mol. The molecule has 300 valence electrons. The predicted octanol–water partition coefficient (Wildman–Crippen LogP) is 7.91. The van der Waals surface area contributed by atoms with Gasteiger partial charge in [-0.2, -0.15) is 0 Å². The number of hydrogen-bond acceptors (Lipinski definition) is 7. The van der Waals surface area contributed by atoms with Crippen LogP contribution in [0.5, 0.6) is 0 Å². The van der Waals surface area contributed by atoms with Crippen molar-refractivity contribution >= 4 is 5.78 Å². The molecule has 5 atom stereocenters. The third-order valence-corrected chi connectivity index (χ3v) is 12.7. The fourth-order valence-electron chi connectivity index (χ4n) is 9.48. The first kappa shape index (κ1) is 43.3. The Labute approximate surface area is 335 Å². The molecule has 2 aliphatic carbocycles. The summed E-state index contributed by atoms with van der Waals surface area (Å²) in [6.45, 7) is 8.62. The van der Waals surface area contributed by atoms with Crippen molar-refractivity contribution in [1.29, 1.82) is 0 Å². The summed E-state index contributed by atoms with van der Waals surface area (Å²) in [5, 5.41) is 34.9. The van der Waals surface area contributed by atoms with E-state index in [1.165, 1.54) is 11.1 Å². The van der Waals surface area contributed by atoms with Crippen LogP contribution in [0.3, 0.4) is 0 Å². The van der Waals surface area contributed by atoms with Crippen molar-refractivity contribution in [2.75, 3.05) is 19.8 Å². The normalized spacial score (nSPS) is 29.6. The number of Topliss-reactive ketones (excluding diaryl/α,β-unsaturated/α-hetero) is 1. The molecule has 7 N–H and O–H groups in total. The number of ether oxygens (including phenoxy) is 1. The number of nitrogens with two attached hydrogens (primary N) is 2. The molecule has 1 aliphatic heterocycles. The summed E-state index contributed by atoms with van der Waals surface area (Å²) in [4.78, 5) is 13.9. The second-order valence-corrected chi connectivity index (χ2v) is 16.4. The van der Waals surface area contributed by atoms with Gasteiger partial charge in [-0.3, -0.25) is 4.79 Å². The number of ketones is 1. The molecule has 2 fully saturated rings. The molecule has 0 saturated heterocycles. The minimum absolute atomic E-state index is 0.00334. The zero-order valence-electron chi connectivity index (χ0n) is 33.6. The lowest BCUT2D eigenvalue weighted by atomic mass is 9.52. The van der Waals surface area contributed by atoms with Gasteiger partial charge in [-0.05, 0) is 118 Å². The Balaban J connectivity index is 1.35. The molecule has 2 aromatic rings. The summed E-state index contributed by atoms with van der Waals surface area (Å²) in [5.74, 6) is 6.01. The van der Waals surface area contributed by atoms with E-state index in [0.717, 1.165) is 60.0 Å². The van der Waals surface area contributed by atoms with Gasteiger partial charge < -0.3 is 31.5 Å². The van der Waals surface area contributed by atoms with Crippen LogP contribution in [0.25, 0.3) is 0 Å². The summed E-state index contributed by atoms with van der Waals surface area (Å²) < 4.78 is 6.18. The lowest BCUT2D eigenvalue weighted by Crippen LogP contribution is -2.59. The number of hydrogen-bond donors (Lipinski definition) is 5. The van der Waals surface area contributed by atoms with Crippen molar-refractivity contribution in [1.82, 2.24) is 0 Å². The average molecular weight is 761 g/mol. The van der Waals surface area contributed by atoms with E-state index in [0.29, 0.717) is 57.1 Å². The Morgan fingerprint density at radius 1 is 1.04 bits per heavy atom. The Bertz CT molecular complexity index is 1840. The number of rotatable bonds is 12. The van der Waals surface area contributed by atoms with E-state index in [4.69, 9.17) is 16.2 Å². The SMILES string of the molecule is C=C1/C=C/C=C(/[C@H]2CC[C@@]3([C@H](CCCO)/C(=C(\C)C(=O)Cc4cccc(C(N)N)c4)CC[C@@]3(C)O)[C@@H]2O)COCC#CC/C(CCCc2ccccc2)=C\CC1. The molecule has 7 heteroatoms. The smallest absolute Gasteiger partial charge is 0.162 e. The molecule has 0 aromatic heterocycles. The van der Waals surface area contributed by atoms with Gasteiger partial charge in [0.15, 0.2) is 5.78 Å². The topological polar surface area (TPSA) is 139 Å². The molecule has 2 aromatic carbocycles. The number of carbonyl (C=O) groups excluding carboxylic acids is 1. The molecule has 56 heavy (non-hydrogen) atoms. The highest BCUT2D eigenvalue weighted by Gasteiger charge is 2.64. The number of allylic oxidation sites excluding steroid dienone is 8. The van der Waals surface area contributed by atoms with E-state index in [1.54, 1.807) is 0 Å². The number of benzene rings is 2. The third kappa shape index (κ3) is 10.7. The maximum atomic E-state index is 13.9. The second kappa shape index (κ2) is 20.5. The molecule has 0 bridgehead atoms. The molecular formula is C49H64N2O5. The zero-order valence-corrected chi connectivity index (χ0v) is 33.6. The fraction of sp³-hybridized carbons (Fsp3) is 0.490. The number of aryl methyl sites for hydroxylation is 1. The van der Waals surface area contributed by atoms with Gasteiger partial charge in [-0.15, -0.1) is 0 Å². The summed E-state index contributed by atoms with van der Waals surface area (Å²) >= 11 is 0. The van der Waals surface area contributed by atoms with Gasteiger partial charge in [0.1, 0.15) is 6.61 Å². The van der Waals surface area contributed by atoms with Crippen molar-refractivity contribution in [3.8, 4) is 11.8 Å². The minimum atomic E-state index is -1.19. The van der Waals surface area contributed by atoms with Crippen LogP contribution >= 0.6 is 0 Å². The first-order valence-electron chi connectivity index (χ1n) is 20.6. The molecule has 5 rings (SSSR count). The molecule has 1 heterocycles. The van der Waals surface area contributed by atoms with Crippen LogP contribution in [0.2, 0.25) is 0 Å². The van der Waals surface area contributed by atoms with E-state index in [9.17, 15) is 20.1 Å². The maximum Gasteiger partial charge on any atom is 0.162 e. The lowest BCUT2D eigenvalue weighted by Gasteiger charge is -2.55. The van der Waals surface area contributed by atoms with Crippen LogP contribution < -0.4 is 11.5 Å². The number of aliphatic hydroxyl groups is 3. The molecule has 0 amide bonds. The predicted molar refractivity (Wildman–Crippen MR) is 226 cm³/mol. The molecule has 0 radical (unpaired) electrons. The van der Waals surface area contributed by atoms with E-state index >= 15 is 0 Å². The van der Waals surface area contributed by atoms with Gasteiger partial charge in [0.05, 0.1) is 24.5 Å². The van der Waals surface area contributed by atoms with Gasteiger partial charge in [-0.25, -0.2) is 0 Å². The van der Waals surface area contributed by atoms with Crippen LogP contribution in [-0.4, -0.2) is 52.6 Å². The van der Waals surface area contributed by atoms with E-state index in [2.05, 4.69) is 54.8 Å². The van der Waals surface area contributed by atoms with Crippen LogP contribution in [-0.2, 0) is 22.4 Å². The van der Waals surface area contributed by atoms with Crippen molar-refractivity contribution in [3.63, 3.8) is 0 Å². The summed E-state index contributed by atoms with van der Waals surface area (Å²) in [6.07, 6.45) is 16.0. The molecule has 7 nitrogen and oxygen atoms in total. The highest BCUT2D eigenvalue weighted by Crippen LogP contribution is 2.63. The first-order valence-corrected chi connectivity index (χ1v) is 20.6. The van der Waals surface area contributed by atoms with Gasteiger partial charge in [0.25, 0.3) is 0 Å². The van der Waals surface area contributed by atoms with Crippen LogP contribution in [0.1, 0.15) is 107 Å². The summed E-state index contributed by atoms with van der Waals surface area (Å²) in [5.41, 5.74) is 17.7. The number of carbonyl (C=O) groups is 1. The largest absolute Gasteiger partial charge is 0.396 e. The Morgan fingerprint density at radius 2 is 1.82 bits per heavy atom. The first-order chi connectivity index (χ1) is 27.0. The van der Waals surface area contributed by atoms with Crippen molar-refractivity contribution < 1.29 is 24.9 Å². The lowest BCUT2D eigenvalue weighted by molar-refractivity contribution is -0.167. The summed E-state index contributed by atoms with van der Waals surface area (Å²) in [6, 6.07) is 18.1. The highest BCUT2D eigenvalue weighted by atomic mass is 16.5. The molecule has 3 aliphatic rings. The fourth-order valence-corrected chi connectivity index (χ4v) is 9.48. The Hall–Kier alpha value is -3.87. The van der Waals surface area contributed by atoms with Crippen LogP contribution in [0.4, 0.5) is 0 Å². The van der Waals surface area contributed by atoms with Crippen LogP contribution in [0, 0.1) is 29.1 Å². The molecular weight excluding hydrogens is 697 g/mol. The number of aliphatic hydroxyl groups excluding tert-OH is 2. The molecule has 0 unspecified atom stereocenters. The zero-order chi connectivity index (χ0) is 40.1. The van der Waals surface area contributed by atoms with Gasteiger partial charge >= 0.3 is 0 Å².